The van der Waals surface area contributed by atoms with Crippen LogP contribution < -0.4 is 4.74 Å². The van der Waals surface area contributed by atoms with Crippen LogP contribution >= 0.6 is 11.6 Å². The SMILES string of the molecule is CC(C)(C)c1nc(Cl)cc(OCC2CCCC2)n1. The van der Waals surface area contributed by atoms with Crippen molar-refractivity contribution in [3.63, 3.8) is 0 Å². The molecule has 100 valence electrons. The quantitative estimate of drug-likeness (QED) is 0.778. The van der Waals surface area contributed by atoms with Gasteiger partial charge in [0.25, 0.3) is 0 Å². The molecule has 1 aliphatic carbocycles. The monoisotopic (exact) mass is 268 g/mol. The van der Waals surface area contributed by atoms with Gasteiger partial charge in [-0.2, -0.15) is 4.98 Å². The molecule has 0 N–H and O–H groups in total. The van der Waals surface area contributed by atoms with Crippen LogP contribution in [0.1, 0.15) is 52.3 Å². The summed E-state index contributed by atoms with van der Waals surface area (Å²) < 4.78 is 5.77. The van der Waals surface area contributed by atoms with Gasteiger partial charge in [-0.25, -0.2) is 4.98 Å². The Hall–Kier alpha value is -0.830. The first-order chi connectivity index (χ1) is 8.45. The van der Waals surface area contributed by atoms with Crippen molar-refractivity contribution in [3.8, 4) is 5.88 Å². The molecule has 3 nitrogen and oxygen atoms in total. The Morgan fingerprint density at radius 1 is 1.28 bits per heavy atom. The van der Waals surface area contributed by atoms with Crippen LogP contribution in [0.5, 0.6) is 5.88 Å². The highest BCUT2D eigenvalue weighted by Crippen LogP contribution is 2.27. The zero-order valence-corrected chi connectivity index (χ0v) is 12.1. The molecule has 0 aliphatic heterocycles. The molecular weight excluding hydrogens is 248 g/mol. The van der Waals surface area contributed by atoms with E-state index in [0.29, 0.717) is 17.0 Å². The number of halogens is 1. The lowest BCUT2D eigenvalue weighted by Gasteiger charge is -2.18. The summed E-state index contributed by atoms with van der Waals surface area (Å²) in [5, 5.41) is 0.455. The molecule has 0 amide bonds. The van der Waals surface area contributed by atoms with Crippen molar-refractivity contribution in [2.24, 2.45) is 5.92 Å². The zero-order valence-electron chi connectivity index (χ0n) is 11.4. The van der Waals surface area contributed by atoms with E-state index in [0.717, 1.165) is 12.4 Å². The number of nitrogens with zero attached hydrogens (tertiary/aromatic N) is 2. The molecule has 1 heterocycles. The first-order valence-corrected chi connectivity index (χ1v) is 7.01. The van der Waals surface area contributed by atoms with Crippen molar-refractivity contribution in [2.75, 3.05) is 6.61 Å². The highest BCUT2D eigenvalue weighted by Gasteiger charge is 2.20. The Bertz CT molecular complexity index is 409. The second kappa shape index (κ2) is 5.43. The van der Waals surface area contributed by atoms with E-state index in [1.165, 1.54) is 25.7 Å². The summed E-state index contributed by atoms with van der Waals surface area (Å²) in [6, 6.07) is 1.70. The molecule has 0 saturated heterocycles. The lowest BCUT2D eigenvalue weighted by molar-refractivity contribution is 0.241. The summed E-state index contributed by atoms with van der Waals surface area (Å²) in [7, 11) is 0. The average Bonchev–Trinajstić information content (AvgIpc) is 2.77. The van der Waals surface area contributed by atoms with Gasteiger partial charge in [-0.05, 0) is 18.8 Å². The molecule has 4 heteroatoms. The number of ether oxygens (including phenoxy) is 1. The Kier molecular flexibility index (Phi) is 4.10. The van der Waals surface area contributed by atoms with Gasteiger partial charge >= 0.3 is 0 Å². The summed E-state index contributed by atoms with van der Waals surface area (Å²) in [5.41, 5.74) is -0.115. The molecule has 0 spiro atoms. The summed E-state index contributed by atoms with van der Waals surface area (Å²) in [4.78, 5) is 8.71. The standard InChI is InChI=1S/C14H21ClN2O/c1-14(2,3)13-16-11(15)8-12(17-13)18-9-10-6-4-5-7-10/h8,10H,4-7,9H2,1-3H3. The summed E-state index contributed by atoms with van der Waals surface area (Å²) >= 11 is 6.02. The van der Waals surface area contributed by atoms with Gasteiger partial charge in [0.15, 0.2) is 0 Å². The average molecular weight is 269 g/mol. The maximum absolute atomic E-state index is 6.02. The van der Waals surface area contributed by atoms with Gasteiger partial charge in [-0.3, -0.25) is 0 Å². The molecular formula is C14H21ClN2O. The van der Waals surface area contributed by atoms with Crippen molar-refractivity contribution < 1.29 is 4.74 Å². The predicted octanol–water partition coefficient (Wildman–Crippen LogP) is 4.00. The van der Waals surface area contributed by atoms with E-state index in [1.54, 1.807) is 6.07 Å². The minimum Gasteiger partial charge on any atom is -0.477 e. The predicted molar refractivity (Wildman–Crippen MR) is 73.2 cm³/mol. The van der Waals surface area contributed by atoms with E-state index >= 15 is 0 Å². The minimum absolute atomic E-state index is 0.115. The van der Waals surface area contributed by atoms with E-state index in [4.69, 9.17) is 16.3 Å². The first-order valence-electron chi connectivity index (χ1n) is 6.63. The topological polar surface area (TPSA) is 35.0 Å². The maximum atomic E-state index is 6.02. The fourth-order valence-electron chi connectivity index (χ4n) is 2.19. The van der Waals surface area contributed by atoms with Crippen molar-refractivity contribution in [1.82, 2.24) is 9.97 Å². The molecule has 0 atom stereocenters. The third-order valence-electron chi connectivity index (χ3n) is 3.28. The number of rotatable bonds is 3. The van der Waals surface area contributed by atoms with Crippen molar-refractivity contribution in [2.45, 2.75) is 51.9 Å². The molecule has 0 aromatic carbocycles. The highest BCUT2D eigenvalue weighted by molar-refractivity contribution is 6.29. The van der Waals surface area contributed by atoms with Gasteiger partial charge in [-0.15, -0.1) is 0 Å². The molecule has 1 fully saturated rings. The third-order valence-corrected chi connectivity index (χ3v) is 3.48. The Balaban J connectivity index is 2.05. The van der Waals surface area contributed by atoms with Crippen LogP contribution in [0.2, 0.25) is 5.15 Å². The fourth-order valence-corrected chi connectivity index (χ4v) is 2.36. The molecule has 1 saturated carbocycles. The minimum atomic E-state index is -0.115. The summed E-state index contributed by atoms with van der Waals surface area (Å²) in [5.74, 6) is 2.01. The molecule has 0 unspecified atom stereocenters. The van der Waals surface area contributed by atoms with Crippen LogP contribution in [0.25, 0.3) is 0 Å². The number of hydrogen-bond donors (Lipinski definition) is 0. The van der Waals surface area contributed by atoms with Crippen LogP contribution in [0.15, 0.2) is 6.07 Å². The van der Waals surface area contributed by atoms with E-state index in [1.807, 2.05) is 0 Å². The van der Waals surface area contributed by atoms with Crippen LogP contribution in [0, 0.1) is 5.92 Å². The van der Waals surface area contributed by atoms with E-state index < -0.39 is 0 Å². The highest BCUT2D eigenvalue weighted by atomic mass is 35.5. The molecule has 0 radical (unpaired) electrons. The van der Waals surface area contributed by atoms with Gasteiger partial charge in [0, 0.05) is 11.5 Å². The van der Waals surface area contributed by atoms with E-state index in [9.17, 15) is 0 Å². The Morgan fingerprint density at radius 2 is 1.94 bits per heavy atom. The number of hydrogen-bond acceptors (Lipinski definition) is 3. The lowest BCUT2D eigenvalue weighted by Crippen LogP contribution is -2.17. The van der Waals surface area contributed by atoms with Crippen LogP contribution in [-0.2, 0) is 5.41 Å². The van der Waals surface area contributed by atoms with Crippen molar-refractivity contribution >= 4 is 11.6 Å². The van der Waals surface area contributed by atoms with E-state index in [2.05, 4.69) is 30.7 Å². The van der Waals surface area contributed by atoms with Crippen molar-refractivity contribution in [1.29, 1.82) is 0 Å². The molecule has 0 bridgehead atoms. The second-order valence-electron chi connectivity index (χ2n) is 6.06. The molecule has 1 aromatic heterocycles. The largest absolute Gasteiger partial charge is 0.477 e. The van der Waals surface area contributed by atoms with Gasteiger partial charge in [0.05, 0.1) is 6.61 Å². The van der Waals surface area contributed by atoms with Gasteiger partial charge < -0.3 is 4.74 Å². The smallest absolute Gasteiger partial charge is 0.218 e. The van der Waals surface area contributed by atoms with E-state index in [-0.39, 0.29) is 5.41 Å². The van der Waals surface area contributed by atoms with Crippen LogP contribution in [0.3, 0.4) is 0 Å². The summed E-state index contributed by atoms with van der Waals surface area (Å²) in [6.45, 7) is 6.95. The van der Waals surface area contributed by atoms with Crippen molar-refractivity contribution in [3.05, 3.63) is 17.0 Å². The zero-order chi connectivity index (χ0) is 13.2. The lowest BCUT2D eigenvalue weighted by atomic mass is 9.96. The fraction of sp³-hybridized carbons (Fsp3) is 0.714. The Morgan fingerprint density at radius 3 is 2.56 bits per heavy atom. The van der Waals surface area contributed by atoms with Crippen LogP contribution in [-0.4, -0.2) is 16.6 Å². The third kappa shape index (κ3) is 3.58. The molecule has 1 aromatic rings. The van der Waals surface area contributed by atoms with Gasteiger partial charge in [0.1, 0.15) is 11.0 Å². The number of aromatic nitrogens is 2. The maximum Gasteiger partial charge on any atom is 0.218 e. The Labute approximate surface area is 114 Å². The van der Waals surface area contributed by atoms with Crippen LogP contribution in [0.4, 0.5) is 0 Å². The van der Waals surface area contributed by atoms with Gasteiger partial charge in [0.2, 0.25) is 5.88 Å². The summed E-state index contributed by atoms with van der Waals surface area (Å²) in [6.07, 6.45) is 5.19. The molecule has 18 heavy (non-hydrogen) atoms. The van der Waals surface area contributed by atoms with Gasteiger partial charge in [-0.1, -0.05) is 45.2 Å². The normalized spacial score (nSPS) is 17.1. The first kappa shape index (κ1) is 13.6. The molecule has 2 rings (SSSR count). The molecule has 1 aliphatic rings. The second-order valence-corrected chi connectivity index (χ2v) is 6.45.